The molecule has 1 aliphatic rings. The number of hydrogen-bond donors (Lipinski definition) is 1. The number of carbonyl (C=O) groups is 1. The van der Waals surface area contributed by atoms with E-state index < -0.39 is 0 Å². The lowest BCUT2D eigenvalue weighted by molar-refractivity contribution is 0.163. The molecule has 23 heavy (non-hydrogen) atoms. The first kappa shape index (κ1) is 15.7. The second-order valence-electron chi connectivity index (χ2n) is 6.10. The molecule has 0 radical (unpaired) electrons. The number of anilines is 1. The van der Waals surface area contributed by atoms with Crippen LogP contribution in [-0.4, -0.2) is 22.0 Å². The third-order valence-corrected chi connectivity index (χ3v) is 4.60. The van der Waals surface area contributed by atoms with Crippen molar-refractivity contribution < 1.29 is 4.79 Å². The van der Waals surface area contributed by atoms with Crippen LogP contribution in [0.25, 0.3) is 0 Å². The lowest BCUT2D eigenvalue weighted by Gasteiger charge is -2.37. The SMILES string of the molecule is CCCC1c2cccn2CCN1C(=O)Nc1ccc(CC)cc1. The van der Waals surface area contributed by atoms with Crippen LogP contribution in [0.1, 0.15) is 44.0 Å². The van der Waals surface area contributed by atoms with Crippen LogP contribution in [-0.2, 0) is 13.0 Å². The summed E-state index contributed by atoms with van der Waals surface area (Å²) in [6.45, 7) is 5.92. The first-order valence-corrected chi connectivity index (χ1v) is 8.54. The number of nitrogens with zero attached hydrogens (tertiary/aromatic N) is 2. The first-order valence-electron chi connectivity index (χ1n) is 8.54. The van der Waals surface area contributed by atoms with E-state index in [9.17, 15) is 4.79 Å². The van der Waals surface area contributed by atoms with Crippen LogP contribution in [0, 0.1) is 0 Å². The molecule has 4 nitrogen and oxygen atoms in total. The molecule has 1 unspecified atom stereocenters. The molecule has 1 atom stereocenters. The van der Waals surface area contributed by atoms with Gasteiger partial charge in [-0.25, -0.2) is 4.79 Å². The van der Waals surface area contributed by atoms with Crippen LogP contribution >= 0.6 is 0 Å². The van der Waals surface area contributed by atoms with Crippen molar-refractivity contribution in [2.24, 2.45) is 0 Å². The lowest BCUT2D eigenvalue weighted by Crippen LogP contribution is -2.44. The van der Waals surface area contributed by atoms with E-state index in [-0.39, 0.29) is 12.1 Å². The van der Waals surface area contributed by atoms with Crippen LogP contribution in [0.4, 0.5) is 10.5 Å². The second kappa shape index (κ2) is 6.90. The van der Waals surface area contributed by atoms with Gasteiger partial charge in [-0.15, -0.1) is 0 Å². The number of amides is 2. The maximum absolute atomic E-state index is 12.7. The summed E-state index contributed by atoms with van der Waals surface area (Å²) >= 11 is 0. The zero-order chi connectivity index (χ0) is 16.2. The smallest absolute Gasteiger partial charge is 0.322 e. The zero-order valence-corrected chi connectivity index (χ0v) is 14.0. The van der Waals surface area contributed by atoms with Crippen LogP contribution in [0.3, 0.4) is 0 Å². The van der Waals surface area contributed by atoms with Crippen LogP contribution in [0.5, 0.6) is 0 Å². The van der Waals surface area contributed by atoms with Crippen molar-refractivity contribution >= 4 is 11.7 Å². The van der Waals surface area contributed by atoms with Crippen molar-refractivity contribution in [2.75, 3.05) is 11.9 Å². The van der Waals surface area contributed by atoms with Crippen LogP contribution in [0.15, 0.2) is 42.6 Å². The van der Waals surface area contributed by atoms with Gasteiger partial charge in [-0.05, 0) is 42.7 Å². The molecule has 1 aromatic carbocycles. The third kappa shape index (κ3) is 3.26. The molecule has 2 aromatic rings. The summed E-state index contributed by atoms with van der Waals surface area (Å²) in [5.74, 6) is 0. The number of hydrogen-bond acceptors (Lipinski definition) is 1. The fourth-order valence-electron chi connectivity index (χ4n) is 3.30. The van der Waals surface area contributed by atoms with Crippen LogP contribution in [0.2, 0.25) is 0 Å². The fourth-order valence-corrected chi connectivity index (χ4v) is 3.30. The molecule has 0 fully saturated rings. The molecule has 0 saturated carbocycles. The number of carbonyl (C=O) groups excluding carboxylic acids is 1. The van der Waals surface area contributed by atoms with Crippen molar-refractivity contribution in [3.05, 3.63) is 53.9 Å². The summed E-state index contributed by atoms with van der Waals surface area (Å²) in [4.78, 5) is 14.7. The number of aryl methyl sites for hydroxylation is 1. The molecular weight excluding hydrogens is 286 g/mol. The van der Waals surface area contributed by atoms with E-state index in [2.05, 4.69) is 54.2 Å². The van der Waals surface area contributed by atoms with Gasteiger partial charge in [0.25, 0.3) is 0 Å². The van der Waals surface area contributed by atoms with Crippen LogP contribution < -0.4 is 5.32 Å². The van der Waals surface area contributed by atoms with E-state index in [0.717, 1.165) is 38.0 Å². The molecule has 0 spiro atoms. The molecule has 3 rings (SSSR count). The van der Waals surface area contributed by atoms with E-state index in [0.29, 0.717) is 0 Å². The van der Waals surface area contributed by atoms with Crippen molar-refractivity contribution in [3.8, 4) is 0 Å². The molecule has 122 valence electrons. The number of nitrogens with one attached hydrogen (secondary N) is 1. The topological polar surface area (TPSA) is 37.3 Å². The normalized spacial score (nSPS) is 17.0. The Morgan fingerprint density at radius 3 is 2.65 bits per heavy atom. The quantitative estimate of drug-likeness (QED) is 0.890. The Labute approximate surface area is 138 Å². The average molecular weight is 311 g/mol. The van der Waals surface area contributed by atoms with Crippen molar-refractivity contribution in [2.45, 2.75) is 45.7 Å². The lowest BCUT2D eigenvalue weighted by atomic mass is 10.0. The minimum absolute atomic E-state index is 0.000137. The van der Waals surface area contributed by atoms with Gasteiger partial charge in [-0.3, -0.25) is 0 Å². The average Bonchev–Trinajstić information content (AvgIpc) is 3.05. The number of rotatable bonds is 4. The Hall–Kier alpha value is -2.23. The molecule has 1 aromatic heterocycles. The highest BCUT2D eigenvalue weighted by Crippen LogP contribution is 2.30. The van der Waals surface area contributed by atoms with Gasteiger partial charge >= 0.3 is 6.03 Å². The Morgan fingerprint density at radius 1 is 1.17 bits per heavy atom. The Kier molecular flexibility index (Phi) is 4.70. The van der Waals surface area contributed by atoms with Crippen molar-refractivity contribution in [1.29, 1.82) is 0 Å². The summed E-state index contributed by atoms with van der Waals surface area (Å²) in [5.41, 5.74) is 3.39. The summed E-state index contributed by atoms with van der Waals surface area (Å²) in [6, 6.07) is 12.5. The Morgan fingerprint density at radius 2 is 1.96 bits per heavy atom. The molecule has 2 heterocycles. The summed E-state index contributed by atoms with van der Waals surface area (Å²) < 4.78 is 2.26. The summed E-state index contributed by atoms with van der Waals surface area (Å²) in [7, 11) is 0. The highest BCUT2D eigenvalue weighted by Gasteiger charge is 2.30. The molecule has 1 aliphatic heterocycles. The highest BCUT2D eigenvalue weighted by atomic mass is 16.2. The number of fused-ring (bicyclic) bond motifs is 1. The number of urea groups is 1. The van der Waals surface area contributed by atoms with Crippen molar-refractivity contribution in [3.63, 3.8) is 0 Å². The molecule has 4 heteroatoms. The van der Waals surface area contributed by atoms with E-state index in [1.807, 2.05) is 17.0 Å². The van der Waals surface area contributed by atoms with Gasteiger partial charge in [-0.2, -0.15) is 0 Å². The van der Waals surface area contributed by atoms with E-state index in [1.54, 1.807) is 0 Å². The van der Waals surface area contributed by atoms with Gasteiger partial charge < -0.3 is 14.8 Å². The second-order valence-corrected chi connectivity index (χ2v) is 6.10. The van der Waals surface area contributed by atoms with Gasteiger partial charge in [-0.1, -0.05) is 32.4 Å². The first-order chi connectivity index (χ1) is 11.2. The van der Waals surface area contributed by atoms with Gasteiger partial charge in [0.05, 0.1) is 6.04 Å². The molecular formula is C19H25N3O. The molecule has 2 amide bonds. The minimum Gasteiger partial charge on any atom is -0.348 e. The predicted molar refractivity (Wildman–Crippen MR) is 93.6 cm³/mol. The molecule has 0 bridgehead atoms. The maximum Gasteiger partial charge on any atom is 0.322 e. The Bertz CT molecular complexity index is 660. The minimum atomic E-state index is 0.000137. The zero-order valence-electron chi connectivity index (χ0n) is 14.0. The summed E-state index contributed by atoms with van der Waals surface area (Å²) in [5, 5.41) is 3.05. The maximum atomic E-state index is 12.7. The van der Waals surface area contributed by atoms with E-state index in [1.165, 1.54) is 11.3 Å². The summed E-state index contributed by atoms with van der Waals surface area (Å²) in [6.07, 6.45) is 5.17. The monoisotopic (exact) mass is 311 g/mol. The molecule has 0 saturated heterocycles. The van der Waals surface area contributed by atoms with E-state index in [4.69, 9.17) is 0 Å². The fraction of sp³-hybridized carbons (Fsp3) is 0.421. The van der Waals surface area contributed by atoms with Gasteiger partial charge in [0.1, 0.15) is 0 Å². The molecule has 1 N–H and O–H groups in total. The third-order valence-electron chi connectivity index (χ3n) is 4.60. The van der Waals surface area contributed by atoms with Gasteiger partial charge in [0.15, 0.2) is 0 Å². The standard InChI is InChI=1S/C19H25N3O/c1-3-6-18-17-7-5-12-21(17)13-14-22(18)19(23)20-16-10-8-15(4-2)9-11-16/h5,7-12,18H,3-4,6,13-14H2,1-2H3,(H,20,23). The molecule has 0 aliphatic carbocycles. The van der Waals surface area contributed by atoms with Gasteiger partial charge in [0, 0.05) is 30.7 Å². The predicted octanol–water partition coefficient (Wildman–Crippen LogP) is 4.44. The number of aromatic nitrogens is 1. The highest BCUT2D eigenvalue weighted by molar-refractivity contribution is 5.89. The van der Waals surface area contributed by atoms with Gasteiger partial charge in [0.2, 0.25) is 0 Å². The number of benzene rings is 1. The Balaban J connectivity index is 1.75. The van der Waals surface area contributed by atoms with Crippen molar-refractivity contribution in [1.82, 2.24) is 9.47 Å². The van der Waals surface area contributed by atoms with E-state index >= 15 is 0 Å². The largest absolute Gasteiger partial charge is 0.348 e.